The van der Waals surface area contributed by atoms with E-state index in [-0.39, 0.29) is 11.8 Å². The zero-order valence-corrected chi connectivity index (χ0v) is 15.3. The number of aromatic nitrogens is 2. The number of amides is 2. The van der Waals surface area contributed by atoms with Gasteiger partial charge in [0.25, 0.3) is 11.8 Å². The van der Waals surface area contributed by atoms with Crippen LogP contribution in [-0.4, -0.2) is 47.7 Å². The fraction of sp³-hybridized carbons (Fsp3) is 0.150. The normalized spacial score (nSPS) is 10.3. The minimum Gasteiger partial charge on any atom is -0.495 e. The molecule has 0 unspecified atom stereocenters. The summed E-state index contributed by atoms with van der Waals surface area (Å²) in [5.74, 6) is -0.0193. The van der Waals surface area contributed by atoms with Gasteiger partial charge in [-0.15, -0.1) is 0 Å². The van der Waals surface area contributed by atoms with Gasteiger partial charge < -0.3 is 15.0 Å². The molecule has 0 aliphatic rings. The van der Waals surface area contributed by atoms with Gasteiger partial charge in [0.15, 0.2) is 0 Å². The largest absolute Gasteiger partial charge is 0.495 e. The highest BCUT2D eigenvalue weighted by atomic mass is 16.5. The molecule has 1 heterocycles. The first-order chi connectivity index (χ1) is 13.0. The summed E-state index contributed by atoms with van der Waals surface area (Å²) in [6.07, 6.45) is 3.41. The highest BCUT2D eigenvalue weighted by Gasteiger charge is 2.17. The monoisotopic (exact) mass is 364 g/mol. The van der Waals surface area contributed by atoms with Crippen LogP contribution in [0.3, 0.4) is 0 Å². The van der Waals surface area contributed by atoms with Gasteiger partial charge in [0.1, 0.15) is 5.75 Å². The molecule has 0 aliphatic carbocycles. The Kier molecular flexibility index (Phi) is 5.21. The Morgan fingerprint density at radius 2 is 1.89 bits per heavy atom. The van der Waals surface area contributed by atoms with Crippen LogP contribution in [0.2, 0.25) is 0 Å². The minimum atomic E-state index is -0.325. The molecule has 2 amide bonds. The van der Waals surface area contributed by atoms with Crippen molar-refractivity contribution >= 4 is 17.5 Å². The molecule has 7 nitrogen and oxygen atoms in total. The highest BCUT2D eigenvalue weighted by molar-refractivity contribution is 6.08. The standard InChI is InChI=1S/C20H20N4O3/c1-23(2)20(26)14-9-10-18(27-3)16(13-14)22-19(25)15-7-4-5-8-17(15)24-12-6-11-21-24/h4-13H,1-3H3,(H,22,25). The minimum absolute atomic E-state index is 0.162. The lowest BCUT2D eigenvalue weighted by Gasteiger charge is -2.15. The molecule has 1 aromatic heterocycles. The van der Waals surface area contributed by atoms with Crippen LogP contribution in [0.4, 0.5) is 5.69 Å². The average molecular weight is 364 g/mol. The Labute approximate surface area is 157 Å². The first-order valence-electron chi connectivity index (χ1n) is 8.31. The Morgan fingerprint density at radius 1 is 1.11 bits per heavy atom. The topological polar surface area (TPSA) is 76.5 Å². The van der Waals surface area contributed by atoms with Crippen molar-refractivity contribution < 1.29 is 14.3 Å². The maximum Gasteiger partial charge on any atom is 0.257 e. The number of hydrogen-bond donors (Lipinski definition) is 1. The molecule has 0 bridgehead atoms. The van der Waals surface area contributed by atoms with Gasteiger partial charge in [0, 0.05) is 32.1 Å². The highest BCUT2D eigenvalue weighted by Crippen LogP contribution is 2.27. The fourth-order valence-corrected chi connectivity index (χ4v) is 2.66. The number of para-hydroxylation sites is 1. The van der Waals surface area contributed by atoms with E-state index in [0.717, 1.165) is 0 Å². The van der Waals surface area contributed by atoms with Gasteiger partial charge in [0.05, 0.1) is 24.0 Å². The smallest absolute Gasteiger partial charge is 0.257 e. The molecular weight excluding hydrogens is 344 g/mol. The Hall–Kier alpha value is -3.61. The van der Waals surface area contributed by atoms with Crippen LogP contribution in [0.1, 0.15) is 20.7 Å². The van der Waals surface area contributed by atoms with Crippen LogP contribution >= 0.6 is 0 Å². The van der Waals surface area contributed by atoms with Gasteiger partial charge in [0.2, 0.25) is 0 Å². The van der Waals surface area contributed by atoms with Crippen molar-refractivity contribution in [2.75, 3.05) is 26.5 Å². The second-order valence-corrected chi connectivity index (χ2v) is 6.04. The predicted molar refractivity (Wildman–Crippen MR) is 103 cm³/mol. The molecule has 2 aromatic carbocycles. The van der Waals surface area contributed by atoms with Crippen LogP contribution in [0.5, 0.6) is 5.75 Å². The van der Waals surface area contributed by atoms with Crippen molar-refractivity contribution in [1.82, 2.24) is 14.7 Å². The van der Waals surface area contributed by atoms with E-state index >= 15 is 0 Å². The lowest BCUT2D eigenvalue weighted by Crippen LogP contribution is -2.22. The Morgan fingerprint density at radius 3 is 2.56 bits per heavy atom. The summed E-state index contributed by atoms with van der Waals surface area (Å²) < 4.78 is 6.95. The summed E-state index contributed by atoms with van der Waals surface area (Å²) in [6, 6.07) is 13.9. The third-order valence-corrected chi connectivity index (χ3v) is 4.00. The van der Waals surface area contributed by atoms with Gasteiger partial charge in [-0.1, -0.05) is 12.1 Å². The molecule has 0 atom stereocenters. The van der Waals surface area contributed by atoms with Gasteiger partial charge in [-0.2, -0.15) is 5.10 Å². The summed E-state index contributed by atoms with van der Waals surface area (Å²) in [4.78, 5) is 26.6. The van der Waals surface area contributed by atoms with E-state index < -0.39 is 0 Å². The van der Waals surface area contributed by atoms with Gasteiger partial charge in [-0.05, 0) is 36.4 Å². The van der Waals surface area contributed by atoms with Crippen LogP contribution in [0.25, 0.3) is 5.69 Å². The van der Waals surface area contributed by atoms with Crippen LogP contribution in [-0.2, 0) is 0 Å². The van der Waals surface area contributed by atoms with Crippen LogP contribution in [0.15, 0.2) is 60.9 Å². The SMILES string of the molecule is COc1ccc(C(=O)N(C)C)cc1NC(=O)c1ccccc1-n1cccn1. The van der Waals surface area contributed by atoms with Crippen molar-refractivity contribution in [3.63, 3.8) is 0 Å². The number of nitrogens with one attached hydrogen (secondary N) is 1. The molecule has 3 rings (SSSR count). The zero-order valence-electron chi connectivity index (χ0n) is 15.3. The number of methoxy groups -OCH3 is 1. The van der Waals surface area contributed by atoms with Crippen molar-refractivity contribution in [3.8, 4) is 11.4 Å². The molecule has 138 valence electrons. The van der Waals surface area contributed by atoms with Gasteiger partial charge in [-0.25, -0.2) is 4.68 Å². The molecule has 0 spiro atoms. The quantitative estimate of drug-likeness (QED) is 0.755. The van der Waals surface area contributed by atoms with E-state index in [1.807, 2.05) is 12.1 Å². The summed E-state index contributed by atoms with van der Waals surface area (Å²) in [7, 11) is 4.85. The number of nitrogens with zero attached hydrogens (tertiary/aromatic N) is 3. The van der Waals surface area contributed by atoms with Crippen molar-refractivity contribution in [3.05, 3.63) is 72.1 Å². The number of hydrogen-bond acceptors (Lipinski definition) is 4. The van der Waals surface area contributed by atoms with Gasteiger partial charge in [-0.3, -0.25) is 9.59 Å². The number of ether oxygens (including phenoxy) is 1. The summed E-state index contributed by atoms with van der Waals surface area (Å²) >= 11 is 0. The van der Waals surface area contributed by atoms with E-state index in [4.69, 9.17) is 4.74 Å². The van der Waals surface area contributed by atoms with Crippen LogP contribution < -0.4 is 10.1 Å². The molecule has 0 saturated carbocycles. The van der Waals surface area contributed by atoms with E-state index in [9.17, 15) is 9.59 Å². The Bertz CT molecular complexity index is 965. The van der Waals surface area contributed by atoms with Gasteiger partial charge >= 0.3 is 0 Å². The molecule has 1 N–H and O–H groups in total. The molecule has 7 heteroatoms. The van der Waals surface area contributed by atoms with Crippen molar-refractivity contribution in [2.24, 2.45) is 0 Å². The molecule has 0 radical (unpaired) electrons. The van der Waals surface area contributed by atoms with Crippen molar-refractivity contribution in [1.29, 1.82) is 0 Å². The third kappa shape index (κ3) is 3.82. The zero-order chi connectivity index (χ0) is 19.4. The maximum absolute atomic E-state index is 12.9. The number of carbonyl (C=O) groups excluding carboxylic acids is 2. The number of rotatable bonds is 5. The van der Waals surface area contributed by atoms with E-state index in [2.05, 4.69) is 10.4 Å². The maximum atomic E-state index is 12.9. The van der Waals surface area contributed by atoms with E-state index in [1.165, 1.54) is 12.0 Å². The fourth-order valence-electron chi connectivity index (χ4n) is 2.66. The number of benzene rings is 2. The summed E-state index contributed by atoms with van der Waals surface area (Å²) in [6.45, 7) is 0. The average Bonchev–Trinajstić information content (AvgIpc) is 3.22. The van der Waals surface area contributed by atoms with Crippen molar-refractivity contribution in [2.45, 2.75) is 0 Å². The molecule has 3 aromatic rings. The Balaban J connectivity index is 1.95. The molecular formula is C20H20N4O3. The second kappa shape index (κ2) is 7.74. The lowest BCUT2D eigenvalue weighted by molar-refractivity contribution is 0.0827. The number of anilines is 1. The summed E-state index contributed by atoms with van der Waals surface area (Å²) in [5, 5.41) is 7.03. The van der Waals surface area contributed by atoms with E-state index in [1.54, 1.807) is 67.6 Å². The third-order valence-electron chi connectivity index (χ3n) is 4.00. The molecule has 0 saturated heterocycles. The molecule has 0 aliphatic heterocycles. The first kappa shape index (κ1) is 18.2. The van der Waals surface area contributed by atoms with Crippen LogP contribution in [0, 0.1) is 0 Å². The predicted octanol–water partition coefficient (Wildman–Crippen LogP) is 2.84. The number of carbonyl (C=O) groups is 2. The molecule has 27 heavy (non-hydrogen) atoms. The molecule has 0 fully saturated rings. The first-order valence-corrected chi connectivity index (χ1v) is 8.31. The summed E-state index contributed by atoms with van der Waals surface area (Å²) in [5.41, 5.74) is 1.98. The van der Waals surface area contributed by atoms with E-state index in [0.29, 0.717) is 28.3 Å². The lowest BCUT2D eigenvalue weighted by atomic mass is 10.1. The second-order valence-electron chi connectivity index (χ2n) is 6.04.